The number of esters is 1. The van der Waals surface area contributed by atoms with Crippen molar-refractivity contribution in [1.82, 2.24) is 4.90 Å². The van der Waals surface area contributed by atoms with E-state index in [1.165, 1.54) is 7.11 Å². The second-order valence-electron chi connectivity index (χ2n) is 6.35. The molecule has 2 aromatic rings. The van der Waals surface area contributed by atoms with Gasteiger partial charge in [0.05, 0.1) is 25.9 Å². The van der Waals surface area contributed by atoms with Crippen molar-refractivity contribution in [2.45, 2.75) is 6.61 Å². The van der Waals surface area contributed by atoms with Gasteiger partial charge in [0.25, 0.3) is 5.91 Å². The van der Waals surface area contributed by atoms with Gasteiger partial charge in [-0.05, 0) is 35.9 Å². The number of hydrogen-bond acceptors (Lipinski definition) is 6. The Morgan fingerprint density at radius 2 is 1.79 bits per heavy atom. The maximum Gasteiger partial charge on any atom is 0.338 e. The Balaban J connectivity index is 1.57. The van der Waals surface area contributed by atoms with Crippen LogP contribution in [0, 0.1) is 0 Å². The van der Waals surface area contributed by atoms with E-state index in [1.807, 2.05) is 24.3 Å². The molecule has 0 atom stereocenters. The molecule has 154 valence electrons. The van der Waals surface area contributed by atoms with E-state index >= 15 is 0 Å². The van der Waals surface area contributed by atoms with Crippen molar-refractivity contribution in [3.05, 3.63) is 58.1 Å². The number of methoxy groups -OCH3 is 1. The number of amides is 1. The molecule has 29 heavy (non-hydrogen) atoms. The number of carbonyl (C=O) groups excluding carboxylic acids is 2. The first-order chi connectivity index (χ1) is 14.1. The quantitative estimate of drug-likeness (QED) is 0.587. The Bertz CT molecular complexity index is 849. The topological polar surface area (TPSA) is 74.3 Å². The molecule has 1 heterocycles. The Hall–Kier alpha value is -2.58. The van der Waals surface area contributed by atoms with E-state index in [9.17, 15) is 9.59 Å². The Morgan fingerprint density at radius 3 is 2.48 bits per heavy atom. The van der Waals surface area contributed by atoms with Gasteiger partial charge in [-0.2, -0.15) is 0 Å². The summed E-state index contributed by atoms with van der Waals surface area (Å²) in [6.45, 7) is 2.24. The summed E-state index contributed by atoms with van der Waals surface area (Å²) in [5.41, 5.74) is 1.22. The van der Waals surface area contributed by atoms with Crippen molar-refractivity contribution < 1.29 is 28.5 Å². The number of ether oxygens (including phenoxy) is 4. The lowest BCUT2D eigenvalue weighted by molar-refractivity contribution is -0.137. The van der Waals surface area contributed by atoms with Gasteiger partial charge in [-0.3, -0.25) is 4.79 Å². The predicted octanol–water partition coefficient (Wildman–Crippen LogP) is 3.05. The standard InChI is InChI=1S/C21H22BrNO6/c1-26-19-12-16(21(25)29-13-15-2-5-17(22)6-3-15)4-7-18(19)28-14-20(24)23-8-10-27-11-9-23/h2-7,12H,8-11,13-14H2,1H3. The molecular weight excluding hydrogens is 442 g/mol. The van der Waals surface area contributed by atoms with Crippen LogP contribution in [0.5, 0.6) is 11.5 Å². The summed E-state index contributed by atoms with van der Waals surface area (Å²) in [4.78, 5) is 26.2. The SMILES string of the molecule is COc1cc(C(=O)OCc2ccc(Br)cc2)ccc1OCC(=O)N1CCOCC1. The van der Waals surface area contributed by atoms with Crippen LogP contribution in [0.3, 0.4) is 0 Å². The minimum absolute atomic E-state index is 0.107. The van der Waals surface area contributed by atoms with Gasteiger partial charge in [-0.15, -0.1) is 0 Å². The van der Waals surface area contributed by atoms with Crippen molar-refractivity contribution in [2.75, 3.05) is 40.0 Å². The lowest BCUT2D eigenvalue weighted by atomic mass is 10.2. The van der Waals surface area contributed by atoms with Crippen molar-refractivity contribution in [1.29, 1.82) is 0 Å². The molecule has 1 aliphatic heterocycles. The molecule has 1 fully saturated rings. The molecular formula is C21H22BrNO6. The highest BCUT2D eigenvalue weighted by atomic mass is 79.9. The van der Waals surface area contributed by atoms with E-state index in [4.69, 9.17) is 18.9 Å². The third kappa shape index (κ3) is 5.95. The minimum Gasteiger partial charge on any atom is -0.493 e. The van der Waals surface area contributed by atoms with Crippen molar-refractivity contribution in [3.8, 4) is 11.5 Å². The number of morpholine rings is 1. The van der Waals surface area contributed by atoms with Gasteiger partial charge in [-0.1, -0.05) is 28.1 Å². The highest BCUT2D eigenvalue weighted by Gasteiger charge is 2.19. The van der Waals surface area contributed by atoms with E-state index in [-0.39, 0.29) is 19.1 Å². The van der Waals surface area contributed by atoms with Gasteiger partial charge in [-0.25, -0.2) is 4.79 Å². The maximum absolute atomic E-state index is 12.3. The molecule has 0 N–H and O–H groups in total. The van der Waals surface area contributed by atoms with Gasteiger partial charge in [0.15, 0.2) is 18.1 Å². The predicted molar refractivity (Wildman–Crippen MR) is 109 cm³/mol. The molecule has 1 amide bonds. The van der Waals surface area contributed by atoms with Crippen LogP contribution in [0.4, 0.5) is 0 Å². The Morgan fingerprint density at radius 1 is 1.07 bits per heavy atom. The third-order valence-electron chi connectivity index (χ3n) is 4.40. The minimum atomic E-state index is -0.470. The van der Waals surface area contributed by atoms with Crippen molar-refractivity contribution >= 4 is 27.8 Å². The number of nitrogens with zero attached hydrogens (tertiary/aromatic N) is 1. The number of carbonyl (C=O) groups is 2. The first-order valence-electron chi connectivity index (χ1n) is 9.15. The van der Waals surface area contributed by atoms with E-state index in [0.29, 0.717) is 43.4 Å². The van der Waals surface area contributed by atoms with Gasteiger partial charge < -0.3 is 23.8 Å². The molecule has 0 aliphatic carbocycles. The third-order valence-corrected chi connectivity index (χ3v) is 4.93. The zero-order chi connectivity index (χ0) is 20.6. The van der Waals surface area contributed by atoms with E-state index < -0.39 is 5.97 Å². The van der Waals surface area contributed by atoms with Crippen LogP contribution >= 0.6 is 15.9 Å². The van der Waals surface area contributed by atoms with Crippen molar-refractivity contribution in [2.24, 2.45) is 0 Å². The summed E-state index contributed by atoms with van der Waals surface area (Å²) in [6, 6.07) is 12.2. The van der Waals surface area contributed by atoms with Crippen LogP contribution in [0.15, 0.2) is 46.9 Å². The molecule has 0 radical (unpaired) electrons. The fourth-order valence-electron chi connectivity index (χ4n) is 2.77. The molecule has 0 spiro atoms. The molecule has 0 aromatic heterocycles. The number of rotatable bonds is 7. The molecule has 3 rings (SSSR count). The van der Waals surface area contributed by atoms with E-state index in [0.717, 1.165) is 10.0 Å². The molecule has 2 aromatic carbocycles. The van der Waals surface area contributed by atoms with Gasteiger partial charge in [0, 0.05) is 17.6 Å². The normalized spacial score (nSPS) is 13.7. The lowest BCUT2D eigenvalue weighted by Gasteiger charge is -2.26. The first kappa shape index (κ1) is 21.1. The fourth-order valence-corrected chi connectivity index (χ4v) is 3.03. The van der Waals surface area contributed by atoms with Crippen molar-refractivity contribution in [3.63, 3.8) is 0 Å². The molecule has 8 heteroatoms. The lowest BCUT2D eigenvalue weighted by Crippen LogP contribution is -2.43. The van der Waals surface area contributed by atoms with Gasteiger partial charge in [0.2, 0.25) is 0 Å². The summed E-state index contributed by atoms with van der Waals surface area (Å²) in [5.74, 6) is 0.159. The average Bonchev–Trinajstić information content (AvgIpc) is 2.77. The summed E-state index contributed by atoms with van der Waals surface area (Å²) in [6.07, 6.45) is 0. The first-order valence-corrected chi connectivity index (χ1v) is 9.94. The molecule has 0 bridgehead atoms. The largest absolute Gasteiger partial charge is 0.493 e. The van der Waals surface area contributed by atoms with Crippen LogP contribution in [0.1, 0.15) is 15.9 Å². The van der Waals surface area contributed by atoms with Crippen LogP contribution in [-0.2, 0) is 20.9 Å². The summed E-state index contributed by atoms with van der Waals surface area (Å²) in [5, 5.41) is 0. The van der Waals surface area contributed by atoms with E-state index in [2.05, 4.69) is 15.9 Å². The zero-order valence-electron chi connectivity index (χ0n) is 16.1. The van der Waals surface area contributed by atoms with Gasteiger partial charge in [0.1, 0.15) is 6.61 Å². The second-order valence-corrected chi connectivity index (χ2v) is 7.27. The Labute approximate surface area is 177 Å². The molecule has 0 unspecified atom stereocenters. The maximum atomic E-state index is 12.3. The summed E-state index contributed by atoms with van der Waals surface area (Å²) < 4.78 is 22.5. The smallest absolute Gasteiger partial charge is 0.338 e. The Kier molecular flexibility index (Phi) is 7.48. The number of benzene rings is 2. The highest BCUT2D eigenvalue weighted by molar-refractivity contribution is 9.10. The van der Waals surface area contributed by atoms with Crippen LogP contribution in [-0.4, -0.2) is 56.8 Å². The van der Waals surface area contributed by atoms with E-state index in [1.54, 1.807) is 23.1 Å². The fraction of sp³-hybridized carbons (Fsp3) is 0.333. The van der Waals surface area contributed by atoms with Crippen LogP contribution in [0.2, 0.25) is 0 Å². The van der Waals surface area contributed by atoms with Crippen LogP contribution < -0.4 is 9.47 Å². The second kappa shape index (κ2) is 10.3. The summed E-state index contributed by atoms with van der Waals surface area (Å²) in [7, 11) is 1.48. The average molecular weight is 464 g/mol. The molecule has 7 nitrogen and oxygen atoms in total. The number of hydrogen-bond donors (Lipinski definition) is 0. The molecule has 1 saturated heterocycles. The monoisotopic (exact) mass is 463 g/mol. The molecule has 1 aliphatic rings. The highest BCUT2D eigenvalue weighted by Crippen LogP contribution is 2.28. The van der Waals surface area contributed by atoms with Gasteiger partial charge >= 0.3 is 5.97 Å². The van der Waals surface area contributed by atoms with Crippen LogP contribution in [0.25, 0.3) is 0 Å². The summed E-state index contributed by atoms with van der Waals surface area (Å²) >= 11 is 3.37. The molecule has 0 saturated carbocycles. The zero-order valence-corrected chi connectivity index (χ0v) is 17.6. The number of halogens is 1.